The van der Waals surface area contributed by atoms with Crippen molar-refractivity contribution in [3.05, 3.63) is 97.8 Å². The Balaban J connectivity index is 1.37. The Hall–Kier alpha value is -2.90. The zero-order valence-electron chi connectivity index (χ0n) is 17.3. The van der Waals surface area contributed by atoms with E-state index < -0.39 is 0 Å². The lowest BCUT2D eigenvalue weighted by Gasteiger charge is -2.04. The van der Waals surface area contributed by atoms with Crippen molar-refractivity contribution < 1.29 is 9.53 Å². The Kier molecular flexibility index (Phi) is 6.53. The summed E-state index contributed by atoms with van der Waals surface area (Å²) in [6, 6.07) is 18.0. The molecule has 0 unspecified atom stereocenters. The van der Waals surface area contributed by atoms with E-state index in [2.05, 4.69) is 51.5 Å². The number of rotatable bonds is 7. The van der Waals surface area contributed by atoms with Crippen molar-refractivity contribution in [2.24, 2.45) is 0 Å². The van der Waals surface area contributed by atoms with Crippen LogP contribution in [-0.4, -0.2) is 15.7 Å². The molecule has 2 heterocycles. The number of aromatic nitrogens is 2. The second-order valence-corrected chi connectivity index (χ2v) is 9.15. The molecule has 0 bridgehead atoms. The Morgan fingerprint density at radius 3 is 2.68 bits per heavy atom. The van der Waals surface area contributed by atoms with E-state index in [4.69, 9.17) is 4.74 Å². The third-order valence-electron chi connectivity index (χ3n) is 4.68. The summed E-state index contributed by atoms with van der Waals surface area (Å²) in [5.74, 6) is 1.13. The molecule has 0 atom stereocenters. The minimum Gasteiger partial charge on any atom is -0.489 e. The summed E-state index contributed by atoms with van der Waals surface area (Å²) in [7, 11) is 0. The number of amides is 1. The highest BCUT2D eigenvalue weighted by molar-refractivity contribution is 9.10. The minimum absolute atomic E-state index is 0.187. The van der Waals surface area contributed by atoms with Crippen LogP contribution in [0.3, 0.4) is 0 Å². The van der Waals surface area contributed by atoms with Crippen molar-refractivity contribution in [2.45, 2.75) is 27.0 Å². The molecule has 2 aromatic carbocycles. The zero-order valence-corrected chi connectivity index (χ0v) is 19.7. The molecule has 0 aliphatic carbocycles. The molecule has 31 heavy (non-hydrogen) atoms. The fraction of sp³-hybridized carbons (Fsp3) is 0.167. The van der Waals surface area contributed by atoms with Crippen LogP contribution in [0.1, 0.15) is 31.9 Å². The van der Waals surface area contributed by atoms with Gasteiger partial charge in [0.2, 0.25) is 0 Å². The van der Waals surface area contributed by atoms with Crippen molar-refractivity contribution in [3.8, 4) is 5.75 Å². The predicted molar refractivity (Wildman–Crippen MR) is 128 cm³/mol. The molecule has 0 radical (unpaired) electrons. The van der Waals surface area contributed by atoms with Crippen LogP contribution in [0.5, 0.6) is 5.75 Å². The first kappa shape index (κ1) is 21.3. The van der Waals surface area contributed by atoms with E-state index in [1.165, 1.54) is 22.5 Å². The summed E-state index contributed by atoms with van der Waals surface area (Å²) < 4.78 is 8.35. The van der Waals surface area contributed by atoms with Gasteiger partial charge < -0.3 is 10.1 Å². The molecule has 0 saturated heterocycles. The number of anilines is 1. The van der Waals surface area contributed by atoms with Crippen LogP contribution in [0.2, 0.25) is 0 Å². The van der Waals surface area contributed by atoms with Gasteiger partial charge in [-0.05, 0) is 58.9 Å². The van der Waals surface area contributed by atoms with Crippen LogP contribution >= 0.6 is 27.3 Å². The third kappa shape index (κ3) is 5.62. The normalized spacial score (nSPS) is 10.8. The number of carbonyl (C=O) groups excluding carboxylic acids is 1. The Morgan fingerprint density at radius 1 is 1.10 bits per heavy atom. The molecular formula is C24H22BrN3O2S. The summed E-state index contributed by atoms with van der Waals surface area (Å²) in [6.45, 7) is 5.16. The van der Waals surface area contributed by atoms with Gasteiger partial charge in [-0.1, -0.05) is 47.5 Å². The standard InChI is InChI=1S/C24H22BrN3O2S/c1-16-6-8-20(9-7-16)30-14-19-11-22(31-15-19)24(29)26-23-21(25)13-28(27-23)12-18-5-3-4-17(2)10-18/h3-11,13,15H,12,14H2,1-2H3,(H,26,27,29). The zero-order chi connectivity index (χ0) is 21.8. The Labute approximate surface area is 193 Å². The average Bonchev–Trinajstić information content (AvgIpc) is 3.34. The average molecular weight is 496 g/mol. The number of benzene rings is 2. The Bertz CT molecular complexity index is 1200. The van der Waals surface area contributed by atoms with Crippen molar-refractivity contribution in [1.29, 1.82) is 0 Å². The number of hydrogen-bond donors (Lipinski definition) is 1. The largest absolute Gasteiger partial charge is 0.489 e. The number of hydrogen-bond acceptors (Lipinski definition) is 4. The second-order valence-electron chi connectivity index (χ2n) is 7.39. The topological polar surface area (TPSA) is 56.1 Å². The van der Waals surface area contributed by atoms with Gasteiger partial charge >= 0.3 is 0 Å². The first-order valence-corrected chi connectivity index (χ1v) is 11.5. The van der Waals surface area contributed by atoms with Crippen molar-refractivity contribution in [1.82, 2.24) is 9.78 Å². The van der Waals surface area contributed by atoms with E-state index >= 15 is 0 Å². The number of nitrogens with zero attached hydrogens (tertiary/aromatic N) is 2. The van der Waals surface area contributed by atoms with Gasteiger partial charge in [-0.15, -0.1) is 11.3 Å². The van der Waals surface area contributed by atoms with Crippen LogP contribution in [0.15, 0.2) is 70.6 Å². The molecule has 0 saturated carbocycles. The van der Waals surface area contributed by atoms with E-state index in [1.807, 2.05) is 59.6 Å². The molecule has 4 aromatic rings. The van der Waals surface area contributed by atoms with Gasteiger partial charge in [0.15, 0.2) is 5.82 Å². The monoisotopic (exact) mass is 495 g/mol. The molecule has 158 valence electrons. The second kappa shape index (κ2) is 9.49. The lowest BCUT2D eigenvalue weighted by Crippen LogP contribution is -2.11. The van der Waals surface area contributed by atoms with E-state index in [9.17, 15) is 4.79 Å². The minimum atomic E-state index is -0.187. The molecule has 0 aliphatic heterocycles. The molecule has 5 nitrogen and oxygen atoms in total. The third-order valence-corrected chi connectivity index (χ3v) is 6.24. The van der Waals surface area contributed by atoms with Gasteiger partial charge in [0.05, 0.1) is 15.9 Å². The van der Waals surface area contributed by atoms with E-state index in [-0.39, 0.29) is 5.91 Å². The summed E-state index contributed by atoms with van der Waals surface area (Å²) in [6.07, 6.45) is 1.87. The number of halogens is 1. The van der Waals surface area contributed by atoms with E-state index in [1.54, 1.807) is 0 Å². The lowest BCUT2D eigenvalue weighted by molar-refractivity contribution is 0.103. The first-order chi connectivity index (χ1) is 15.0. The van der Waals surface area contributed by atoms with Gasteiger partial charge in [0, 0.05) is 11.8 Å². The van der Waals surface area contributed by atoms with E-state index in [0.717, 1.165) is 21.3 Å². The smallest absolute Gasteiger partial charge is 0.266 e. The highest BCUT2D eigenvalue weighted by Gasteiger charge is 2.14. The molecule has 1 amide bonds. The van der Waals surface area contributed by atoms with Gasteiger partial charge in [-0.3, -0.25) is 9.48 Å². The number of thiophene rings is 1. The number of ether oxygens (including phenoxy) is 1. The molecule has 1 N–H and O–H groups in total. The van der Waals surface area contributed by atoms with Crippen molar-refractivity contribution in [3.63, 3.8) is 0 Å². The van der Waals surface area contributed by atoms with Gasteiger partial charge in [0.25, 0.3) is 5.91 Å². The summed E-state index contributed by atoms with van der Waals surface area (Å²) in [5, 5.41) is 9.34. The van der Waals surface area contributed by atoms with Crippen LogP contribution in [0.4, 0.5) is 5.82 Å². The fourth-order valence-electron chi connectivity index (χ4n) is 3.10. The van der Waals surface area contributed by atoms with Gasteiger partial charge in [0.1, 0.15) is 12.4 Å². The van der Waals surface area contributed by atoms with Crippen LogP contribution in [-0.2, 0) is 13.2 Å². The summed E-state index contributed by atoms with van der Waals surface area (Å²) in [4.78, 5) is 13.3. The fourth-order valence-corrected chi connectivity index (χ4v) is 4.31. The number of carbonyl (C=O) groups is 1. The first-order valence-electron chi connectivity index (χ1n) is 9.83. The SMILES string of the molecule is Cc1ccc(OCc2csc(C(=O)Nc3nn(Cc4cccc(C)c4)cc3Br)c2)cc1. The lowest BCUT2D eigenvalue weighted by atomic mass is 10.1. The molecular weight excluding hydrogens is 474 g/mol. The predicted octanol–water partition coefficient (Wildman–Crippen LogP) is 6.20. The summed E-state index contributed by atoms with van der Waals surface area (Å²) >= 11 is 4.88. The maximum atomic E-state index is 12.7. The highest BCUT2D eigenvalue weighted by atomic mass is 79.9. The van der Waals surface area contributed by atoms with Crippen LogP contribution in [0.25, 0.3) is 0 Å². The molecule has 0 fully saturated rings. The van der Waals surface area contributed by atoms with Crippen LogP contribution < -0.4 is 10.1 Å². The maximum absolute atomic E-state index is 12.7. The molecule has 0 aliphatic rings. The molecule has 2 aromatic heterocycles. The molecule has 0 spiro atoms. The maximum Gasteiger partial charge on any atom is 0.266 e. The van der Waals surface area contributed by atoms with Crippen molar-refractivity contribution >= 4 is 39.0 Å². The Morgan fingerprint density at radius 2 is 1.90 bits per heavy atom. The summed E-state index contributed by atoms with van der Waals surface area (Å²) in [5.41, 5.74) is 4.51. The van der Waals surface area contributed by atoms with Gasteiger partial charge in [-0.25, -0.2) is 0 Å². The molecule has 4 rings (SSSR count). The van der Waals surface area contributed by atoms with Crippen molar-refractivity contribution in [2.75, 3.05) is 5.32 Å². The number of nitrogens with one attached hydrogen (secondary N) is 1. The van der Waals surface area contributed by atoms with Crippen LogP contribution in [0, 0.1) is 13.8 Å². The molecule has 7 heteroatoms. The number of aryl methyl sites for hydroxylation is 2. The van der Waals surface area contributed by atoms with Gasteiger partial charge in [-0.2, -0.15) is 5.10 Å². The quantitative estimate of drug-likeness (QED) is 0.331. The van der Waals surface area contributed by atoms with E-state index in [0.29, 0.717) is 23.8 Å². The highest BCUT2D eigenvalue weighted by Crippen LogP contribution is 2.24.